The van der Waals surface area contributed by atoms with Gasteiger partial charge in [0.25, 0.3) is 5.91 Å². The van der Waals surface area contributed by atoms with Gasteiger partial charge in [-0.15, -0.1) is 0 Å². The van der Waals surface area contributed by atoms with E-state index in [2.05, 4.69) is 10.2 Å². The zero-order valence-electron chi connectivity index (χ0n) is 15.8. The minimum Gasteiger partial charge on any atom is -0.497 e. The maximum atomic E-state index is 12.7. The van der Waals surface area contributed by atoms with Gasteiger partial charge in [-0.25, -0.2) is 4.42 Å². The summed E-state index contributed by atoms with van der Waals surface area (Å²) in [6.07, 6.45) is 0. The molecule has 1 amide bonds. The van der Waals surface area contributed by atoms with Crippen molar-refractivity contribution in [2.24, 2.45) is 10.2 Å². The smallest absolute Gasteiger partial charge is 0.276 e. The maximum absolute atomic E-state index is 12.7. The van der Waals surface area contributed by atoms with Crippen LogP contribution in [0.15, 0.2) is 46.6 Å². The van der Waals surface area contributed by atoms with Gasteiger partial charge < -0.3 is 9.47 Å². The molecule has 2 rings (SSSR count). The fourth-order valence-corrected chi connectivity index (χ4v) is 2.57. The molecular formula is C19H19Cl2N3O4. The second-order valence-corrected chi connectivity index (χ2v) is 6.60. The molecule has 0 N–H and O–H groups in total. The number of ketones is 1. The minimum atomic E-state index is -1.40. The van der Waals surface area contributed by atoms with Gasteiger partial charge in [-0.1, -0.05) is 11.6 Å². The highest BCUT2D eigenvalue weighted by Crippen LogP contribution is 2.30. The van der Waals surface area contributed by atoms with E-state index in [1.165, 1.54) is 33.3 Å². The van der Waals surface area contributed by atoms with Crippen molar-refractivity contribution in [3.05, 3.63) is 47.0 Å². The van der Waals surface area contributed by atoms with Crippen molar-refractivity contribution < 1.29 is 19.1 Å². The Labute approximate surface area is 173 Å². The molecule has 0 saturated carbocycles. The van der Waals surface area contributed by atoms with Crippen LogP contribution in [0.25, 0.3) is 0 Å². The number of anilines is 1. The predicted octanol–water partition coefficient (Wildman–Crippen LogP) is 4.89. The van der Waals surface area contributed by atoms with E-state index in [1.54, 1.807) is 24.3 Å². The van der Waals surface area contributed by atoms with Gasteiger partial charge in [0.05, 0.1) is 25.6 Å². The van der Waals surface area contributed by atoms with E-state index >= 15 is 0 Å². The van der Waals surface area contributed by atoms with Crippen molar-refractivity contribution in [3.8, 4) is 11.5 Å². The van der Waals surface area contributed by atoms with E-state index in [0.717, 1.165) is 9.98 Å². The molecule has 148 valence electrons. The third kappa shape index (κ3) is 5.21. The van der Waals surface area contributed by atoms with Gasteiger partial charge in [-0.2, -0.15) is 10.2 Å². The number of nitrogens with zero attached hydrogens (tertiary/aromatic N) is 3. The Bertz CT molecular complexity index is 896. The Morgan fingerprint density at radius 2 is 1.68 bits per heavy atom. The van der Waals surface area contributed by atoms with Crippen molar-refractivity contribution in [2.75, 3.05) is 18.6 Å². The number of rotatable bonds is 7. The summed E-state index contributed by atoms with van der Waals surface area (Å²) in [4.78, 5) is 24.7. The highest BCUT2D eigenvalue weighted by Gasteiger charge is 2.29. The fourth-order valence-electron chi connectivity index (χ4n) is 2.26. The van der Waals surface area contributed by atoms with Gasteiger partial charge in [0.15, 0.2) is 5.78 Å². The standard InChI is InChI=1S/C19H19Cl2N3O4/c1-11-7-13(5-6-17(11)20)22-23-18(12(2)25)19(26)24(21)14-8-15(27-3)10-16(9-14)28-4/h5-10,18H,1-4H3. The Kier molecular flexibility index (Phi) is 7.37. The molecular weight excluding hydrogens is 405 g/mol. The van der Waals surface area contributed by atoms with Gasteiger partial charge in [-0.3, -0.25) is 9.59 Å². The first-order valence-electron chi connectivity index (χ1n) is 8.17. The average Bonchev–Trinajstić information content (AvgIpc) is 2.69. The molecule has 0 aliphatic heterocycles. The normalized spacial score (nSPS) is 11.9. The van der Waals surface area contributed by atoms with Gasteiger partial charge in [-0.05, 0) is 37.6 Å². The van der Waals surface area contributed by atoms with Crippen molar-refractivity contribution >= 4 is 46.4 Å². The van der Waals surface area contributed by atoms with Crippen LogP contribution in [-0.2, 0) is 9.59 Å². The number of carbonyl (C=O) groups is 2. The summed E-state index contributed by atoms with van der Waals surface area (Å²) in [5.74, 6) is -0.380. The molecule has 28 heavy (non-hydrogen) atoms. The largest absolute Gasteiger partial charge is 0.497 e. The topological polar surface area (TPSA) is 80.6 Å². The number of amides is 1. The lowest BCUT2D eigenvalue weighted by Gasteiger charge is -2.18. The van der Waals surface area contributed by atoms with Crippen molar-refractivity contribution in [1.29, 1.82) is 0 Å². The first-order valence-corrected chi connectivity index (χ1v) is 8.88. The molecule has 2 aromatic carbocycles. The molecule has 0 aliphatic rings. The van der Waals surface area contributed by atoms with E-state index in [-0.39, 0.29) is 5.69 Å². The van der Waals surface area contributed by atoms with Crippen LogP contribution in [0.4, 0.5) is 11.4 Å². The molecule has 1 unspecified atom stereocenters. The van der Waals surface area contributed by atoms with Crippen LogP contribution >= 0.6 is 23.4 Å². The highest BCUT2D eigenvalue weighted by atomic mass is 35.5. The molecule has 7 nitrogen and oxygen atoms in total. The van der Waals surface area contributed by atoms with Gasteiger partial charge in [0, 0.05) is 35.0 Å². The minimum absolute atomic E-state index is 0.270. The van der Waals surface area contributed by atoms with Crippen LogP contribution in [0.2, 0.25) is 5.02 Å². The number of ether oxygens (including phenoxy) is 2. The monoisotopic (exact) mass is 423 g/mol. The molecule has 0 heterocycles. The molecule has 0 spiro atoms. The lowest BCUT2D eigenvalue weighted by molar-refractivity contribution is -0.126. The summed E-state index contributed by atoms with van der Waals surface area (Å²) in [6.45, 7) is 3.05. The van der Waals surface area contributed by atoms with E-state index in [9.17, 15) is 9.59 Å². The second-order valence-electron chi connectivity index (χ2n) is 5.85. The molecule has 0 saturated heterocycles. The van der Waals surface area contributed by atoms with Gasteiger partial charge in [0.2, 0.25) is 6.04 Å². The number of hydrogen-bond acceptors (Lipinski definition) is 6. The molecule has 9 heteroatoms. The molecule has 1 atom stereocenters. The Morgan fingerprint density at radius 3 is 2.18 bits per heavy atom. The number of aryl methyl sites for hydroxylation is 1. The molecule has 0 radical (unpaired) electrons. The number of halogens is 2. The first-order chi connectivity index (χ1) is 13.3. The van der Waals surface area contributed by atoms with Crippen LogP contribution < -0.4 is 13.9 Å². The van der Waals surface area contributed by atoms with E-state index in [1.807, 2.05) is 6.92 Å². The fraction of sp³-hybridized carbons (Fsp3) is 0.263. The van der Waals surface area contributed by atoms with E-state index < -0.39 is 17.7 Å². The number of methoxy groups -OCH3 is 2. The number of azo groups is 1. The Hall–Kier alpha value is -2.64. The number of Topliss-reactive ketones (excluding diaryl/α,β-unsaturated/α-hetero) is 1. The lowest BCUT2D eigenvalue weighted by atomic mass is 10.2. The quantitative estimate of drug-likeness (QED) is 0.360. The highest BCUT2D eigenvalue weighted by molar-refractivity contribution is 6.39. The number of benzene rings is 2. The molecule has 0 aliphatic carbocycles. The third-order valence-electron chi connectivity index (χ3n) is 3.81. The number of carbonyl (C=O) groups excluding carboxylic acids is 2. The van der Waals surface area contributed by atoms with Crippen molar-refractivity contribution in [3.63, 3.8) is 0 Å². The second kappa shape index (κ2) is 9.52. The van der Waals surface area contributed by atoms with Crippen LogP contribution in [0.5, 0.6) is 11.5 Å². The maximum Gasteiger partial charge on any atom is 0.276 e. The predicted molar refractivity (Wildman–Crippen MR) is 108 cm³/mol. The molecule has 0 bridgehead atoms. The van der Waals surface area contributed by atoms with Crippen LogP contribution in [0.3, 0.4) is 0 Å². The van der Waals surface area contributed by atoms with Crippen LogP contribution in [0, 0.1) is 6.92 Å². The van der Waals surface area contributed by atoms with Crippen LogP contribution in [0.1, 0.15) is 12.5 Å². The SMILES string of the molecule is COc1cc(OC)cc(N(Cl)C(=O)C(N=Nc2ccc(Cl)c(C)c2)C(C)=O)c1. The molecule has 0 aromatic heterocycles. The summed E-state index contributed by atoms with van der Waals surface area (Å²) in [5.41, 5.74) is 1.53. The molecule has 2 aromatic rings. The Balaban J connectivity index is 2.30. The van der Waals surface area contributed by atoms with E-state index in [0.29, 0.717) is 22.2 Å². The summed E-state index contributed by atoms with van der Waals surface area (Å²) >= 11 is 12.2. The summed E-state index contributed by atoms with van der Waals surface area (Å²) < 4.78 is 11.1. The van der Waals surface area contributed by atoms with Crippen molar-refractivity contribution in [2.45, 2.75) is 19.9 Å². The molecule has 0 fully saturated rings. The Morgan fingerprint density at radius 1 is 1.07 bits per heavy atom. The van der Waals surface area contributed by atoms with Gasteiger partial charge >= 0.3 is 0 Å². The summed E-state index contributed by atoms with van der Waals surface area (Å²) in [6, 6.07) is 8.28. The zero-order chi connectivity index (χ0) is 20.8. The number of hydrogen-bond donors (Lipinski definition) is 0. The van der Waals surface area contributed by atoms with Crippen molar-refractivity contribution in [1.82, 2.24) is 0 Å². The summed E-state index contributed by atoms with van der Waals surface area (Å²) in [5, 5.41) is 8.46. The first kappa shape index (κ1) is 21.7. The van der Waals surface area contributed by atoms with Gasteiger partial charge in [0.1, 0.15) is 11.5 Å². The summed E-state index contributed by atoms with van der Waals surface area (Å²) in [7, 11) is 2.94. The lowest BCUT2D eigenvalue weighted by Crippen LogP contribution is -2.36. The third-order valence-corrected chi connectivity index (χ3v) is 4.59. The van der Waals surface area contributed by atoms with Crippen LogP contribution in [-0.4, -0.2) is 32.0 Å². The average molecular weight is 424 g/mol. The van der Waals surface area contributed by atoms with E-state index in [4.69, 9.17) is 32.9 Å². The zero-order valence-corrected chi connectivity index (χ0v) is 17.3.